The van der Waals surface area contributed by atoms with Crippen molar-refractivity contribution in [1.29, 1.82) is 0 Å². The SMILES string of the molecule is CCOC(C#CC1(Cl)CC1(C)C)OCC. The first-order valence-corrected chi connectivity index (χ1v) is 5.78. The van der Waals surface area contributed by atoms with E-state index >= 15 is 0 Å². The molecule has 0 spiro atoms. The molecule has 0 bridgehead atoms. The predicted molar refractivity (Wildman–Crippen MR) is 61.8 cm³/mol. The molecule has 0 heterocycles. The third kappa shape index (κ3) is 3.11. The van der Waals surface area contributed by atoms with Crippen molar-refractivity contribution in [2.24, 2.45) is 5.41 Å². The van der Waals surface area contributed by atoms with E-state index < -0.39 is 6.29 Å². The van der Waals surface area contributed by atoms with E-state index in [0.717, 1.165) is 6.42 Å². The Labute approximate surface area is 97.3 Å². The highest BCUT2D eigenvalue weighted by Gasteiger charge is 2.59. The largest absolute Gasteiger partial charge is 0.342 e. The van der Waals surface area contributed by atoms with Gasteiger partial charge in [0.05, 0.1) is 0 Å². The van der Waals surface area contributed by atoms with Crippen LogP contribution in [0.3, 0.4) is 0 Å². The summed E-state index contributed by atoms with van der Waals surface area (Å²) in [6, 6.07) is 0. The zero-order valence-corrected chi connectivity index (χ0v) is 10.6. The summed E-state index contributed by atoms with van der Waals surface area (Å²) in [7, 11) is 0. The third-order valence-electron chi connectivity index (χ3n) is 2.66. The Morgan fingerprint density at radius 2 is 1.73 bits per heavy atom. The van der Waals surface area contributed by atoms with Gasteiger partial charge in [0.2, 0.25) is 6.29 Å². The molecule has 1 unspecified atom stereocenters. The van der Waals surface area contributed by atoms with E-state index in [2.05, 4.69) is 25.7 Å². The molecule has 3 heteroatoms. The Balaban J connectivity index is 2.55. The lowest BCUT2D eigenvalue weighted by atomic mass is 10.1. The number of rotatable bonds is 4. The zero-order chi connectivity index (χ0) is 11.5. The minimum Gasteiger partial charge on any atom is -0.342 e. The molecule has 0 radical (unpaired) electrons. The van der Waals surface area contributed by atoms with Crippen molar-refractivity contribution >= 4 is 11.6 Å². The van der Waals surface area contributed by atoms with Crippen LogP contribution in [0.4, 0.5) is 0 Å². The van der Waals surface area contributed by atoms with Crippen LogP contribution in [0.25, 0.3) is 0 Å². The molecule has 2 nitrogen and oxygen atoms in total. The minimum absolute atomic E-state index is 0.116. The Bertz CT molecular complexity index is 271. The number of hydrogen-bond donors (Lipinski definition) is 0. The third-order valence-corrected chi connectivity index (χ3v) is 3.40. The van der Waals surface area contributed by atoms with Crippen LogP contribution in [0, 0.1) is 17.3 Å². The molecule has 0 aliphatic heterocycles. The summed E-state index contributed by atoms with van der Waals surface area (Å²) in [4.78, 5) is -0.376. The molecule has 0 aromatic heterocycles. The molecule has 15 heavy (non-hydrogen) atoms. The van der Waals surface area contributed by atoms with Gasteiger partial charge in [0.1, 0.15) is 4.87 Å². The number of halogens is 1. The molecule has 86 valence electrons. The normalized spacial score (nSPS) is 27.3. The molecule has 0 amide bonds. The van der Waals surface area contributed by atoms with Gasteiger partial charge in [0, 0.05) is 13.2 Å². The van der Waals surface area contributed by atoms with Crippen LogP contribution in [0.1, 0.15) is 34.1 Å². The number of hydrogen-bond acceptors (Lipinski definition) is 2. The first-order valence-electron chi connectivity index (χ1n) is 5.40. The van der Waals surface area contributed by atoms with Crippen LogP contribution >= 0.6 is 11.6 Å². The van der Waals surface area contributed by atoms with E-state index in [9.17, 15) is 0 Å². The second kappa shape index (κ2) is 4.74. The fourth-order valence-corrected chi connectivity index (χ4v) is 1.77. The van der Waals surface area contributed by atoms with Gasteiger partial charge in [-0.1, -0.05) is 19.8 Å². The molecule has 1 saturated carbocycles. The van der Waals surface area contributed by atoms with Crippen LogP contribution in [-0.2, 0) is 9.47 Å². The first-order chi connectivity index (χ1) is 6.95. The molecule has 0 aromatic rings. The molecule has 1 aliphatic carbocycles. The van der Waals surface area contributed by atoms with Crippen molar-refractivity contribution < 1.29 is 9.47 Å². The molecular weight excluding hydrogens is 212 g/mol. The van der Waals surface area contributed by atoms with Crippen molar-refractivity contribution in [2.45, 2.75) is 45.3 Å². The Morgan fingerprint density at radius 1 is 1.27 bits per heavy atom. The summed E-state index contributed by atoms with van der Waals surface area (Å²) in [5.41, 5.74) is 0.116. The Kier molecular flexibility index (Phi) is 4.06. The highest BCUT2D eigenvalue weighted by atomic mass is 35.5. The molecule has 1 atom stereocenters. The van der Waals surface area contributed by atoms with Gasteiger partial charge in [-0.3, -0.25) is 0 Å². The summed E-state index contributed by atoms with van der Waals surface area (Å²) < 4.78 is 10.6. The summed E-state index contributed by atoms with van der Waals surface area (Å²) in [6.45, 7) is 9.27. The number of ether oxygens (including phenoxy) is 2. The van der Waals surface area contributed by atoms with E-state index in [1.165, 1.54) is 0 Å². The van der Waals surface area contributed by atoms with Gasteiger partial charge < -0.3 is 9.47 Å². The molecule has 0 N–H and O–H groups in total. The second-order valence-electron chi connectivity index (χ2n) is 4.37. The topological polar surface area (TPSA) is 18.5 Å². The fourth-order valence-electron chi connectivity index (χ4n) is 1.39. The quantitative estimate of drug-likeness (QED) is 0.420. The summed E-state index contributed by atoms with van der Waals surface area (Å²) >= 11 is 6.30. The van der Waals surface area contributed by atoms with Crippen LogP contribution in [0.15, 0.2) is 0 Å². The van der Waals surface area contributed by atoms with E-state index in [0.29, 0.717) is 13.2 Å². The molecule has 0 saturated heterocycles. The van der Waals surface area contributed by atoms with Gasteiger partial charge in [-0.25, -0.2) is 0 Å². The lowest BCUT2D eigenvalue weighted by molar-refractivity contribution is -0.0970. The fraction of sp³-hybridized carbons (Fsp3) is 0.833. The summed E-state index contributed by atoms with van der Waals surface area (Å²) in [5, 5.41) is 0. The minimum atomic E-state index is -0.438. The van der Waals surface area contributed by atoms with Gasteiger partial charge >= 0.3 is 0 Å². The van der Waals surface area contributed by atoms with Crippen molar-refractivity contribution in [1.82, 2.24) is 0 Å². The van der Waals surface area contributed by atoms with Crippen LogP contribution in [-0.4, -0.2) is 24.4 Å². The maximum atomic E-state index is 6.30. The maximum absolute atomic E-state index is 6.30. The highest BCUT2D eigenvalue weighted by Crippen LogP contribution is 2.60. The maximum Gasteiger partial charge on any atom is 0.222 e. The van der Waals surface area contributed by atoms with Gasteiger partial charge in [0.15, 0.2) is 0 Å². The van der Waals surface area contributed by atoms with E-state index in [4.69, 9.17) is 21.1 Å². The molecular formula is C12H19ClO2. The van der Waals surface area contributed by atoms with E-state index in [-0.39, 0.29) is 10.3 Å². The van der Waals surface area contributed by atoms with Gasteiger partial charge in [-0.15, -0.1) is 11.6 Å². The van der Waals surface area contributed by atoms with E-state index in [1.807, 2.05) is 13.8 Å². The lowest BCUT2D eigenvalue weighted by Crippen LogP contribution is -2.16. The monoisotopic (exact) mass is 230 g/mol. The van der Waals surface area contributed by atoms with Crippen LogP contribution in [0.5, 0.6) is 0 Å². The molecule has 1 fully saturated rings. The van der Waals surface area contributed by atoms with Gasteiger partial charge in [-0.2, -0.15) is 0 Å². The molecule has 0 aromatic carbocycles. The van der Waals surface area contributed by atoms with Crippen molar-refractivity contribution in [3.63, 3.8) is 0 Å². The lowest BCUT2D eigenvalue weighted by Gasteiger charge is -2.10. The number of alkyl halides is 1. The van der Waals surface area contributed by atoms with Crippen LogP contribution in [0.2, 0.25) is 0 Å². The first kappa shape index (κ1) is 12.8. The Morgan fingerprint density at radius 3 is 2.07 bits per heavy atom. The second-order valence-corrected chi connectivity index (χ2v) is 5.02. The smallest absolute Gasteiger partial charge is 0.222 e. The van der Waals surface area contributed by atoms with Crippen molar-refractivity contribution in [3.8, 4) is 11.8 Å². The zero-order valence-electron chi connectivity index (χ0n) is 9.89. The summed E-state index contributed by atoms with van der Waals surface area (Å²) in [6.07, 6.45) is 0.492. The van der Waals surface area contributed by atoms with Gasteiger partial charge in [-0.05, 0) is 31.6 Å². The standard InChI is InChI=1S/C12H19ClO2/c1-5-14-10(15-6-2)7-8-12(13)9-11(12,3)4/h10H,5-6,9H2,1-4H3. The van der Waals surface area contributed by atoms with E-state index in [1.54, 1.807) is 0 Å². The van der Waals surface area contributed by atoms with Crippen LogP contribution < -0.4 is 0 Å². The van der Waals surface area contributed by atoms with Crippen molar-refractivity contribution in [3.05, 3.63) is 0 Å². The summed E-state index contributed by atoms with van der Waals surface area (Å²) in [5.74, 6) is 6.01. The highest BCUT2D eigenvalue weighted by molar-refractivity contribution is 6.29. The molecule has 1 aliphatic rings. The van der Waals surface area contributed by atoms with Crippen molar-refractivity contribution in [2.75, 3.05) is 13.2 Å². The predicted octanol–water partition coefficient (Wildman–Crippen LogP) is 2.80. The average Bonchev–Trinajstić information content (AvgIpc) is 2.63. The molecule has 1 rings (SSSR count). The Hall–Kier alpha value is -0.230. The average molecular weight is 231 g/mol. The van der Waals surface area contributed by atoms with Gasteiger partial charge in [0.25, 0.3) is 0 Å².